The predicted molar refractivity (Wildman–Crippen MR) is 76.1 cm³/mol. The Kier molecular flexibility index (Phi) is 3.88. The third-order valence-corrected chi connectivity index (χ3v) is 3.91. The summed E-state index contributed by atoms with van der Waals surface area (Å²) in [7, 11) is 0. The highest BCUT2D eigenvalue weighted by Crippen LogP contribution is 2.18. The molecule has 1 saturated heterocycles. The first-order valence-electron chi connectivity index (χ1n) is 7.18. The molecule has 0 N–H and O–H groups in total. The fraction of sp³-hybridized carbons (Fsp3) is 0.467. The van der Waals surface area contributed by atoms with Crippen LogP contribution >= 0.6 is 0 Å². The number of piperidine rings is 1. The average Bonchev–Trinajstić information content (AvgIpc) is 2.83. The highest BCUT2D eigenvalue weighted by atomic mass is 19.1. The number of halogens is 1. The molecule has 1 fully saturated rings. The largest absolute Gasteiger partial charge is 0.438 e. The Hall–Kier alpha value is -1.95. The summed E-state index contributed by atoms with van der Waals surface area (Å²) in [6.45, 7) is 4.61. The van der Waals surface area contributed by atoms with Crippen LogP contribution in [0.4, 0.5) is 4.39 Å². The van der Waals surface area contributed by atoms with E-state index in [0.29, 0.717) is 12.2 Å². The molecule has 2 aromatic rings. The fourth-order valence-electron chi connectivity index (χ4n) is 2.50. The van der Waals surface area contributed by atoms with Crippen molar-refractivity contribution in [1.82, 2.24) is 14.7 Å². The smallest absolute Gasteiger partial charge is 0.388 e. The zero-order chi connectivity index (χ0) is 14.8. The maximum Gasteiger partial charge on any atom is 0.438 e. The minimum absolute atomic E-state index is 0.227. The van der Waals surface area contributed by atoms with Crippen LogP contribution in [0.3, 0.4) is 0 Å². The van der Waals surface area contributed by atoms with Gasteiger partial charge < -0.3 is 4.42 Å². The highest BCUT2D eigenvalue weighted by Gasteiger charge is 2.18. The number of likely N-dealkylation sites (tertiary alicyclic amines) is 1. The van der Waals surface area contributed by atoms with Crippen molar-refractivity contribution in [3.8, 4) is 11.5 Å². The summed E-state index contributed by atoms with van der Waals surface area (Å²) in [6, 6.07) is 5.74. The van der Waals surface area contributed by atoms with E-state index in [2.05, 4.69) is 16.9 Å². The standard InChI is InChI=1S/C15H18FN3O2/c1-11-6-8-18(9-7-11)10-19-15(20)21-14(17-19)12-2-4-13(16)5-3-12/h2-5,11H,6-10H2,1H3. The van der Waals surface area contributed by atoms with E-state index in [1.165, 1.54) is 16.8 Å². The molecule has 0 radical (unpaired) electrons. The lowest BCUT2D eigenvalue weighted by atomic mass is 10.00. The third kappa shape index (κ3) is 3.21. The topological polar surface area (TPSA) is 51.3 Å². The molecule has 1 aliphatic rings. The number of benzene rings is 1. The molecular formula is C15H18FN3O2. The minimum Gasteiger partial charge on any atom is -0.388 e. The van der Waals surface area contributed by atoms with E-state index >= 15 is 0 Å². The monoisotopic (exact) mass is 291 g/mol. The summed E-state index contributed by atoms with van der Waals surface area (Å²) in [5.74, 6) is 0.159. The molecule has 112 valence electrons. The van der Waals surface area contributed by atoms with Gasteiger partial charge in [0.1, 0.15) is 12.5 Å². The van der Waals surface area contributed by atoms with E-state index in [4.69, 9.17) is 4.42 Å². The van der Waals surface area contributed by atoms with E-state index in [1.54, 1.807) is 12.1 Å². The van der Waals surface area contributed by atoms with Crippen LogP contribution in [0.5, 0.6) is 0 Å². The Morgan fingerprint density at radius 2 is 1.95 bits per heavy atom. The molecular weight excluding hydrogens is 273 g/mol. The summed E-state index contributed by atoms with van der Waals surface area (Å²) < 4.78 is 19.4. The van der Waals surface area contributed by atoms with Crippen LogP contribution in [0.2, 0.25) is 0 Å². The van der Waals surface area contributed by atoms with Gasteiger partial charge >= 0.3 is 5.76 Å². The van der Waals surface area contributed by atoms with Gasteiger partial charge in [-0.1, -0.05) is 6.92 Å². The molecule has 0 amide bonds. The molecule has 2 heterocycles. The second kappa shape index (κ2) is 5.81. The molecule has 1 aromatic heterocycles. The summed E-state index contributed by atoms with van der Waals surface area (Å²) in [4.78, 5) is 14.0. The van der Waals surface area contributed by atoms with Crippen LogP contribution in [0.1, 0.15) is 19.8 Å². The number of aromatic nitrogens is 2. The number of nitrogens with zero attached hydrogens (tertiary/aromatic N) is 3. The first-order valence-corrected chi connectivity index (χ1v) is 7.18. The molecule has 0 atom stereocenters. The predicted octanol–water partition coefficient (Wildman–Crippen LogP) is 2.33. The van der Waals surface area contributed by atoms with E-state index in [9.17, 15) is 9.18 Å². The van der Waals surface area contributed by atoms with Crippen LogP contribution < -0.4 is 5.76 Å². The van der Waals surface area contributed by atoms with Crippen molar-refractivity contribution >= 4 is 0 Å². The van der Waals surface area contributed by atoms with Crippen molar-refractivity contribution in [3.63, 3.8) is 0 Å². The Morgan fingerprint density at radius 1 is 1.29 bits per heavy atom. The van der Waals surface area contributed by atoms with Gasteiger partial charge in [0.2, 0.25) is 5.89 Å². The lowest BCUT2D eigenvalue weighted by Gasteiger charge is -2.29. The van der Waals surface area contributed by atoms with E-state index in [1.807, 2.05) is 0 Å². The minimum atomic E-state index is -0.479. The number of hydrogen-bond donors (Lipinski definition) is 0. The van der Waals surface area contributed by atoms with Gasteiger partial charge in [-0.05, 0) is 43.0 Å². The SMILES string of the molecule is CC1CCN(Cn2nc(-c3ccc(F)cc3)oc2=O)CC1. The lowest BCUT2D eigenvalue weighted by molar-refractivity contribution is 0.143. The zero-order valence-corrected chi connectivity index (χ0v) is 12.0. The lowest BCUT2D eigenvalue weighted by Crippen LogP contribution is -2.37. The van der Waals surface area contributed by atoms with Crippen molar-refractivity contribution in [3.05, 3.63) is 40.6 Å². The Balaban J connectivity index is 1.75. The average molecular weight is 291 g/mol. The van der Waals surface area contributed by atoms with Gasteiger partial charge in [-0.25, -0.2) is 9.18 Å². The van der Waals surface area contributed by atoms with Gasteiger partial charge in [0.25, 0.3) is 0 Å². The molecule has 0 bridgehead atoms. The summed E-state index contributed by atoms with van der Waals surface area (Å²) in [5, 5.41) is 4.20. The summed E-state index contributed by atoms with van der Waals surface area (Å²) in [6.07, 6.45) is 2.27. The molecule has 5 nitrogen and oxygen atoms in total. The molecule has 3 rings (SSSR count). The van der Waals surface area contributed by atoms with E-state index in [-0.39, 0.29) is 11.7 Å². The Bertz CT molecular complexity index is 654. The van der Waals surface area contributed by atoms with Gasteiger partial charge in [0.05, 0.1) is 0 Å². The van der Waals surface area contributed by atoms with Crippen LogP contribution in [-0.2, 0) is 6.67 Å². The maximum absolute atomic E-state index is 12.9. The van der Waals surface area contributed by atoms with Crippen molar-refractivity contribution in [1.29, 1.82) is 0 Å². The molecule has 1 aliphatic heterocycles. The van der Waals surface area contributed by atoms with Gasteiger partial charge in [-0.3, -0.25) is 4.90 Å². The zero-order valence-electron chi connectivity index (χ0n) is 12.0. The molecule has 0 unspecified atom stereocenters. The summed E-state index contributed by atoms with van der Waals surface area (Å²) >= 11 is 0. The number of rotatable bonds is 3. The van der Waals surface area contributed by atoms with Gasteiger partial charge in [-0.2, -0.15) is 4.68 Å². The van der Waals surface area contributed by atoms with Crippen LogP contribution in [-0.4, -0.2) is 27.8 Å². The van der Waals surface area contributed by atoms with Crippen LogP contribution in [0.25, 0.3) is 11.5 Å². The normalized spacial score (nSPS) is 17.2. The molecule has 0 spiro atoms. The van der Waals surface area contributed by atoms with Crippen molar-refractivity contribution in [2.45, 2.75) is 26.4 Å². The molecule has 21 heavy (non-hydrogen) atoms. The fourth-order valence-corrected chi connectivity index (χ4v) is 2.50. The van der Waals surface area contributed by atoms with Crippen molar-refractivity contribution in [2.75, 3.05) is 13.1 Å². The van der Waals surface area contributed by atoms with Crippen molar-refractivity contribution in [2.24, 2.45) is 5.92 Å². The van der Waals surface area contributed by atoms with Crippen LogP contribution in [0, 0.1) is 11.7 Å². The quantitative estimate of drug-likeness (QED) is 0.871. The second-order valence-electron chi connectivity index (χ2n) is 5.62. The molecule has 0 aliphatic carbocycles. The Morgan fingerprint density at radius 3 is 2.62 bits per heavy atom. The van der Waals surface area contributed by atoms with Crippen molar-refractivity contribution < 1.29 is 8.81 Å². The van der Waals surface area contributed by atoms with E-state index in [0.717, 1.165) is 31.8 Å². The second-order valence-corrected chi connectivity index (χ2v) is 5.62. The van der Waals surface area contributed by atoms with E-state index < -0.39 is 5.76 Å². The van der Waals surface area contributed by atoms with Gasteiger partial charge in [0, 0.05) is 18.7 Å². The third-order valence-electron chi connectivity index (χ3n) is 3.91. The van der Waals surface area contributed by atoms with Gasteiger partial charge in [0.15, 0.2) is 0 Å². The molecule has 1 aromatic carbocycles. The first-order chi connectivity index (χ1) is 10.1. The first kappa shape index (κ1) is 14.0. The number of hydrogen-bond acceptors (Lipinski definition) is 4. The molecule has 6 heteroatoms. The molecule has 0 saturated carbocycles. The van der Waals surface area contributed by atoms with Crippen LogP contribution in [0.15, 0.2) is 33.5 Å². The Labute approximate surface area is 122 Å². The summed E-state index contributed by atoms with van der Waals surface area (Å²) in [5.41, 5.74) is 0.597. The highest BCUT2D eigenvalue weighted by molar-refractivity contribution is 5.51. The maximum atomic E-state index is 12.9. The van der Waals surface area contributed by atoms with Gasteiger partial charge in [-0.15, -0.1) is 5.10 Å².